The standard InChI is InChI=1S/C76H90ClN21O12S2/c1-41-44(4)112-73-62(41)63(47-17-21-50(77)22-18-47)87-56(68-94-92-45(5)98(68)73)33-60(101)79-27-31-109-29-11-30-110-39-61(102)89-66(76(6,7)8)72(106)97-38-52(32-57(97)70(104)84-42(2)46-13-15-48(16-14-46)65-43(3)83-40-111-65)85-59(100)12-9-10-28-96-37-54(93-95-96)36-81-58(99)26-25-55(74(107)108)88-69(103)49-19-23-51(24-20-49)80-34-53-35-82-67-64(86-53)71(105)91-75(78)90-67/h13-24,35,37,40,42,52,55-57,66,80H,9-12,25-34,36,38-39H2,1-8H3,(H,79,101)(H,81,99)(H,84,104)(H,85,100)(H,88,103)(H,89,102)(H,107,108)(H3,78,82,90,91,105)/t42-,52+,55-,56-,57-,66+/m0/s1. The number of hydrogen-bond donors (Lipinski definition) is 10. The fourth-order valence-corrected chi connectivity index (χ4v) is 15.1. The maximum Gasteiger partial charge on any atom is 0.326 e. The molecule has 8 heterocycles. The Morgan fingerprint density at radius 2 is 1.54 bits per heavy atom. The highest BCUT2D eigenvalue weighted by Crippen LogP contribution is 2.40. The largest absolute Gasteiger partial charge is 0.480 e. The monoisotopic (exact) mass is 1590 g/mol. The second-order valence-corrected chi connectivity index (χ2v) is 31.0. The summed E-state index contributed by atoms with van der Waals surface area (Å²) in [4.78, 5) is 149. The maximum atomic E-state index is 14.9. The van der Waals surface area contributed by atoms with E-state index in [-0.39, 0.29) is 119 Å². The van der Waals surface area contributed by atoms with Gasteiger partial charge in [0.25, 0.3) is 11.5 Å². The molecular weight excluding hydrogens is 1500 g/mol. The Kier molecular flexibility index (Phi) is 27.1. The van der Waals surface area contributed by atoms with E-state index in [1.165, 1.54) is 34.6 Å². The van der Waals surface area contributed by atoms with Gasteiger partial charge in [0.05, 0.1) is 72.0 Å². The molecule has 0 aliphatic carbocycles. The maximum absolute atomic E-state index is 14.9. The number of nitrogens with one attached hydrogen (secondary N) is 8. The van der Waals surface area contributed by atoms with Crippen molar-refractivity contribution in [3.63, 3.8) is 0 Å². The molecule has 0 radical (unpaired) electrons. The van der Waals surface area contributed by atoms with Gasteiger partial charge < -0.3 is 62.4 Å². The van der Waals surface area contributed by atoms with Crippen molar-refractivity contribution in [2.75, 3.05) is 50.6 Å². The topological polar surface area (TPSA) is 447 Å². The molecule has 7 amide bonds. The van der Waals surface area contributed by atoms with Gasteiger partial charge in [-0.3, -0.25) is 57.6 Å². The van der Waals surface area contributed by atoms with E-state index in [1.54, 1.807) is 39.9 Å². The summed E-state index contributed by atoms with van der Waals surface area (Å²) in [5.41, 5.74) is 14.2. The minimum Gasteiger partial charge on any atom is -0.480 e. The number of ether oxygens (including phenoxy) is 2. The number of unbranched alkanes of at least 4 members (excludes halogenated alkanes) is 1. The van der Waals surface area contributed by atoms with Crippen LogP contribution in [-0.4, -0.2) is 181 Å². The summed E-state index contributed by atoms with van der Waals surface area (Å²) >= 11 is 9.45. The van der Waals surface area contributed by atoms with Crippen LogP contribution in [0, 0.1) is 33.1 Å². The van der Waals surface area contributed by atoms with Gasteiger partial charge in [0.15, 0.2) is 17.0 Å². The molecule has 0 saturated carbocycles. The van der Waals surface area contributed by atoms with Crippen LogP contribution in [-0.2, 0) is 62.7 Å². The lowest BCUT2D eigenvalue weighted by Crippen LogP contribution is -2.58. The highest BCUT2D eigenvalue weighted by Gasteiger charge is 2.46. The van der Waals surface area contributed by atoms with E-state index < -0.39 is 82.7 Å². The number of halogens is 1. The lowest BCUT2D eigenvalue weighted by molar-refractivity contribution is -0.144. The van der Waals surface area contributed by atoms with Crippen molar-refractivity contribution < 1.29 is 52.9 Å². The van der Waals surface area contributed by atoms with Crippen LogP contribution < -0.4 is 48.5 Å². The molecule has 0 spiro atoms. The molecule has 6 atom stereocenters. The minimum absolute atomic E-state index is 0.00967. The second-order valence-electron chi connectivity index (χ2n) is 28.5. The van der Waals surface area contributed by atoms with Crippen molar-refractivity contribution in [1.29, 1.82) is 0 Å². The number of carbonyl (C=O) groups excluding carboxylic acids is 7. The summed E-state index contributed by atoms with van der Waals surface area (Å²) in [7, 11) is 0. The van der Waals surface area contributed by atoms with Crippen LogP contribution >= 0.6 is 34.3 Å². The Morgan fingerprint density at radius 1 is 0.795 bits per heavy atom. The SMILES string of the molecule is Cc1ncsc1-c1ccc([C@H](C)NC(=O)[C@@H]2C[C@@H](NC(=O)CCCCn3cc(CNC(=O)CC[C@H](NC(=O)c4ccc(NCc5cnc6nc(N)[nH]c(=O)c6n5)cc4)C(=O)O)nn3)CN2C(=O)[C@@H](NC(=O)COCCCOCCNC(=O)C[C@@H]2N=C(c3ccc(Cl)cc3)c3c(sc(C)c3C)-n3c(C)nnc32)C(C)(C)C)cc1. The van der Waals surface area contributed by atoms with E-state index in [4.69, 9.17) is 31.8 Å². The molecule has 11 N–H and O–H groups in total. The number of likely N-dealkylation sites (tertiary alicyclic amines) is 1. The van der Waals surface area contributed by atoms with Gasteiger partial charge in [-0.25, -0.2) is 19.7 Å². The molecule has 2 aliphatic rings. The van der Waals surface area contributed by atoms with Gasteiger partial charge in [0.2, 0.25) is 41.4 Å². The molecule has 33 nitrogen and oxygen atoms in total. The summed E-state index contributed by atoms with van der Waals surface area (Å²) in [6, 6.07) is 16.3. The number of carboxylic acid groups (broad SMARTS) is 1. The van der Waals surface area contributed by atoms with Crippen LogP contribution in [0.1, 0.15) is 157 Å². The minimum atomic E-state index is -1.38. The van der Waals surface area contributed by atoms with E-state index in [9.17, 15) is 48.3 Å². The Bertz CT molecular complexity index is 5000. The van der Waals surface area contributed by atoms with Gasteiger partial charge >= 0.3 is 5.97 Å². The molecule has 590 valence electrons. The number of aliphatic imine (C=N–C) groups is 1. The number of carbonyl (C=O) groups is 8. The van der Waals surface area contributed by atoms with Crippen LogP contribution in [0.3, 0.4) is 0 Å². The van der Waals surface area contributed by atoms with Gasteiger partial charge in [-0.2, -0.15) is 4.98 Å². The van der Waals surface area contributed by atoms with E-state index in [0.717, 1.165) is 54.0 Å². The fraction of sp³-hybridized carbons (Fsp3) is 0.421. The number of fused-ring (bicyclic) bond motifs is 4. The molecule has 112 heavy (non-hydrogen) atoms. The molecule has 6 aromatic heterocycles. The molecule has 0 unspecified atom stereocenters. The highest BCUT2D eigenvalue weighted by atomic mass is 35.5. The molecular formula is C76H90ClN21O12S2. The van der Waals surface area contributed by atoms with Crippen molar-refractivity contribution in [2.45, 2.75) is 163 Å². The van der Waals surface area contributed by atoms with E-state index >= 15 is 0 Å². The molecule has 3 aromatic carbocycles. The zero-order chi connectivity index (χ0) is 79.9. The zero-order valence-corrected chi connectivity index (χ0v) is 65.6. The van der Waals surface area contributed by atoms with Crippen LogP contribution in [0.4, 0.5) is 11.6 Å². The number of hydrogen-bond acceptors (Lipinski definition) is 24. The van der Waals surface area contributed by atoms with E-state index in [2.05, 4.69) is 96.5 Å². The second kappa shape index (κ2) is 37.2. The smallest absolute Gasteiger partial charge is 0.326 e. The third-order valence-electron chi connectivity index (χ3n) is 19.0. The average molecular weight is 1590 g/mol. The first-order valence-electron chi connectivity index (χ1n) is 36.7. The Balaban J connectivity index is 0.610. The number of aliphatic carboxylic acids is 1. The summed E-state index contributed by atoms with van der Waals surface area (Å²) in [6.07, 6.45) is 4.26. The molecule has 1 fully saturated rings. The first-order chi connectivity index (χ1) is 53.6. The number of aromatic amines is 1. The zero-order valence-electron chi connectivity index (χ0n) is 63.2. The number of rotatable bonds is 35. The molecule has 1 saturated heterocycles. The van der Waals surface area contributed by atoms with Gasteiger partial charge in [-0.15, -0.1) is 38.0 Å². The number of amides is 7. The molecule has 0 bridgehead atoms. The van der Waals surface area contributed by atoms with Crippen molar-refractivity contribution >= 4 is 110 Å². The third-order valence-corrected chi connectivity index (χ3v) is 21.4. The van der Waals surface area contributed by atoms with Gasteiger partial charge in [-0.1, -0.05) is 74.0 Å². The average Bonchev–Trinajstić information content (AvgIpc) is 1.59. The highest BCUT2D eigenvalue weighted by molar-refractivity contribution is 7.15. The quantitative estimate of drug-likeness (QED) is 0.0187. The molecule has 2 aliphatic heterocycles. The van der Waals surface area contributed by atoms with E-state index in [1.807, 2.05) is 94.6 Å². The van der Waals surface area contributed by atoms with Crippen molar-refractivity contribution in [2.24, 2.45) is 10.4 Å². The predicted molar refractivity (Wildman–Crippen MR) is 419 cm³/mol. The van der Waals surface area contributed by atoms with Gasteiger partial charge in [-0.05, 0) is 125 Å². The number of nitrogens with two attached hydrogens (primary N) is 1. The van der Waals surface area contributed by atoms with Crippen LogP contribution in [0.2, 0.25) is 5.02 Å². The summed E-state index contributed by atoms with van der Waals surface area (Å²) in [5, 5.41) is 48.9. The number of thiazole rings is 1. The summed E-state index contributed by atoms with van der Waals surface area (Å²) < 4.78 is 15.1. The number of thiophene rings is 1. The number of carboxylic acids is 1. The number of nitrogen functional groups attached to an aromatic ring is 1. The number of anilines is 2. The first kappa shape index (κ1) is 81.7. The molecule has 11 rings (SSSR count). The van der Waals surface area contributed by atoms with Crippen LogP contribution in [0.15, 0.2) is 100 Å². The Hall–Kier alpha value is -11.3. The third kappa shape index (κ3) is 21.0. The van der Waals surface area contributed by atoms with E-state index in [0.29, 0.717) is 59.6 Å². The molecule has 36 heteroatoms. The Labute approximate surface area is 657 Å². The lowest BCUT2D eigenvalue weighted by atomic mass is 9.85. The number of aromatic nitrogens is 11. The number of aryl methyl sites for hydroxylation is 4. The first-order valence-corrected chi connectivity index (χ1v) is 38.7. The van der Waals surface area contributed by atoms with Crippen molar-refractivity contribution in [3.8, 4) is 15.4 Å². The van der Waals surface area contributed by atoms with Crippen LogP contribution in [0.5, 0.6) is 0 Å². The van der Waals surface area contributed by atoms with Crippen molar-refractivity contribution in [3.05, 3.63) is 168 Å². The fourth-order valence-electron chi connectivity index (χ4n) is 12.9. The van der Waals surface area contributed by atoms with Crippen molar-refractivity contribution in [1.82, 2.24) is 91.5 Å². The summed E-state index contributed by atoms with van der Waals surface area (Å²) in [6.45, 7) is 16.3. The van der Waals surface area contributed by atoms with Gasteiger partial charge in [0.1, 0.15) is 47.3 Å². The number of benzene rings is 3. The predicted octanol–water partition coefficient (Wildman–Crippen LogP) is 6.62. The van der Waals surface area contributed by atoms with Crippen LogP contribution in [0.25, 0.3) is 26.6 Å². The molecule has 9 aromatic rings. The normalized spacial score (nSPS) is 15.4. The summed E-state index contributed by atoms with van der Waals surface area (Å²) in [5.74, 6) is -3.31. The Morgan fingerprint density at radius 3 is 2.28 bits per heavy atom. The number of nitrogens with zero attached hydrogens (tertiary/aromatic N) is 12. The number of H-pyrrole nitrogens is 1. The lowest BCUT2D eigenvalue weighted by Gasteiger charge is -2.35. The van der Waals surface area contributed by atoms with Gasteiger partial charge in [0, 0.05) is 84.0 Å².